The Balaban J connectivity index is 2.23. The zero-order valence-corrected chi connectivity index (χ0v) is 11.8. The van der Waals surface area contributed by atoms with Crippen LogP contribution in [0.15, 0.2) is 66.7 Å². The van der Waals surface area contributed by atoms with Gasteiger partial charge in [-0.15, -0.1) is 0 Å². The highest BCUT2D eigenvalue weighted by molar-refractivity contribution is 6.31. The lowest BCUT2D eigenvalue weighted by Gasteiger charge is -2.07. The van der Waals surface area contributed by atoms with Gasteiger partial charge in [0.25, 0.3) is 0 Å². The zero-order valence-electron chi connectivity index (χ0n) is 11.8. The van der Waals surface area contributed by atoms with Crippen molar-refractivity contribution in [1.82, 2.24) is 4.98 Å². The third kappa shape index (κ3) is 1.39. The van der Waals surface area contributed by atoms with Gasteiger partial charge in [0.15, 0.2) is 0 Å². The molecule has 22 heavy (non-hydrogen) atoms. The van der Waals surface area contributed by atoms with E-state index >= 15 is 0 Å². The smallest absolute Gasteiger partial charge is 0.116 e. The van der Waals surface area contributed by atoms with Crippen molar-refractivity contribution in [3.8, 4) is 5.75 Å². The Labute approximate surface area is 126 Å². The number of aromatic nitrogens is 1. The first kappa shape index (κ1) is 11.6. The SMILES string of the molecule is Oc1ccc2c(c1)c1ccccc1c1[nH]c3ccccc3c21. The lowest BCUT2D eigenvalue weighted by atomic mass is 9.96. The van der Waals surface area contributed by atoms with E-state index in [4.69, 9.17) is 0 Å². The van der Waals surface area contributed by atoms with Gasteiger partial charge < -0.3 is 10.1 Å². The predicted octanol–water partition coefficient (Wildman–Crippen LogP) is 5.33. The van der Waals surface area contributed by atoms with Gasteiger partial charge in [-0.1, -0.05) is 42.5 Å². The third-order valence-corrected chi connectivity index (χ3v) is 4.47. The monoisotopic (exact) mass is 283 g/mol. The van der Waals surface area contributed by atoms with E-state index in [-0.39, 0.29) is 0 Å². The van der Waals surface area contributed by atoms with Crippen LogP contribution in [-0.4, -0.2) is 10.1 Å². The predicted molar refractivity (Wildman–Crippen MR) is 92.5 cm³/mol. The molecule has 0 aliphatic rings. The molecule has 0 spiro atoms. The van der Waals surface area contributed by atoms with E-state index in [1.54, 1.807) is 6.07 Å². The average Bonchev–Trinajstić information content (AvgIpc) is 2.95. The number of rotatable bonds is 0. The highest BCUT2D eigenvalue weighted by Crippen LogP contribution is 2.39. The molecule has 0 aliphatic heterocycles. The Morgan fingerprint density at radius 2 is 1.36 bits per heavy atom. The summed E-state index contributed by atoms with van der Waals surface area (Å²) in [5.41, 5.74) is 2.30. The first-order chi connectivity index (χ1) is 10.8. The van der Waals surface area contributed by atoms with Crippen LogP contribution < -0.4 is 0 Å². The minimum absolute atomic E-state index is 0.303. The van der Waals surface area contributed by atoms with Crippen LogP contribution >= 0.6 is 0 Å². The second kappa shape index (κ2) is 4.01. The number of aromatic hydroxyl groups is 1. The van der Waals surface area contributed by atoms with E-state index in [1.807, 2.05) is 24.3 Å². The molecule has 1 aromatic heterocycles. The van der Waals surface area contributed by atoms with Gasteiger partial charge >= 0.3 is 0 Å². The normalized spacial score (nSPS) is 11.8. The van der Waals surface area contributed by atoms with Crippen molar-refractivity contribution in [3.63, 3.8) is 0 Å². The molecular weight excluding hydrogens is 270 g/mol. The lowest BCUT2D eigenvalue weighted by molar-refractivity contribution is 0.476. The number of aromatic amines is 1. The average molecular weight is 283 g/mol. The molecule has 2 N–H and O–H groups in total. The molecule has 0 atom stereocenters. The molecule has 5 rings (SSSR count). The standard InChI is InChI=1S/C20H13NO/c22-12-9-10-14-17(11-12)13-5-1-2-6-15(13)20-19(14)16-7-3-4-8-18(16)21-20/h1-11,21-22H. The van der Waals surface area contributed by atoms with Gasteiger partial charge in [0, 0.05) is 21.7 Å². The minimum Gasteiger partial charge on any atom is -0.508 e. The summed E-state index contributed by atoms with van der Waals surface area (Å²) in [5.74, 6) is 0.303. The summed E-state index contributed by atoms with van der Waals surface area (Å²) in [6.45, 7) is 0. The maximum atomic E-state index is 9.92. The Kier molecular flexibility index (Phi) is 2.12. The van der Waals surface area contributed by atoms with Crippen molar-refractivity contribution in [2.45, 2.75) is 0 Å². The van der Waals surface area contributed by atoms with Gasteiger partial charge in [-0.05, 0) is 40.4 Å². The fourth-order valence-electron chi connectivity index (χ4n) is 3.53. The first-order valence-electron chi connectivity index (χ1n) is 7.37. The maximum Gasteiger partial charge on any atom is 0.116 e. The number of fused-ring (bicyclic) bond motifs is 8. The third-order valence-electron chi connectivity index (χ3n) is 4.47. The Morgan fingerprint density at radius 1 is 0.636 bits per heavy atom. The molecule has 2 nitrogen and oxygen atoms in total. The van der Waals surface area contributed by atoms with Crippen LogP contribution in [0.2, 0.25) is 0 Å². The molecule has 5 aromatic rings. The van der Waals surface area contributed by atoms with Gasteiger partial charge in [-0.2, -0.15) is 0 Å². The summed E-state index contributed by atoms with van der Waals surface area (Å²) in [6.07, 6.45) is 0. The number of benzene rings is 4. The molecular formula is C20H13NO. The fraction of sp³-hybridized carbons (Fsp3) is 0. The van der Waals surface area contributed by atoms with Crippen LogP contribution in [0.3, 0.4) is 0 Å². The number of phenols is 1. The lowest BCUT2D eigenvalue weighted by Crippen LogP contribution is -1.81. The van der Waals surface area contributed by atoms with E-state index in [2.05, 4.69) is 41.4 Å². The van der Waals surface area contributed by atoms with Crippen LogP contribution in [0.25, 0.3) is 43.4 Å². The molecule has 0 fully saturated rings. The summed E-state index contributed by atoms with van der Waals surface area (Å²) < 4.78 is 0. The Morgan fingerprint density at radius 3 is 2.23 bits per heavy atom. The zero-order chi connectivity index (χ0) is 14.7. The van der Waals surface area contributed by atoms with Crippen molar-refractivity contribution in [1.29, 1.82) is 0 Å². The van der Waals surface area contributed by atoms with Crippen molar-refractivity contribution in [2.75, 3.05) is 0 Å². The summed E-state index contributed by atoms with van der Waals surface area (Å²) in [6, 6.07) is 22.4. The van der Waals surface area contributed by atoms with E-state index in [9.17, 15) is 5.11 Å². The molecule has 4 aromatic carbocycles. The van der Waals surface area contributed by atoms with Crippen molar-refractivity contribution in [3.05, 3.63) is 66.7 Å². The molecule has 0 radical (unpaired) electrons. The molecule has 0 unspecified atom stereocenters. The topological polar surface area (TPSA) is 36.0 Å². The van der Waals surface area contributed by atoms with Gasteiger partial charge in [0.1, 0.15) is 5.75 Å². The Bertz CT molecular complexity index is 1180. The number of hydrogen-bond acceptors (Lipinski definition) is 1. The molecule has 2 heteroatoms. The number of phenolic OH excluding ortho intramolecular Hbond substituents is 1. The van der Waals surface area contributed by atoms with E-state index in [0.29, 0.717) is 5.75 Å². The van der Waals surface area contributed by atoms with Crippen molar-refractivity contribution < 1.29 is 5.11 Å². The minimum atomic E-state index is 0.303. The summed E-state index contributed by atoms with van der Waals surface area (Å²) in [5, 5.41) is 17.0. The number of nitrogens with one attached hydrogen (secondary N) is 1. The van der Waals surface area contributed by atoms with Crippen molar-refractivity contribution >= 4 is 43.4 Å². The summed E-state index contributed by atoms with van der Waals surface area (Å²) in [7, 11) is 0. The molecule has 0 saturated carbocycles. The molecule has 0 aliphatic carbocycles. The van der Waals surface area contributed by atoms with Gasteiger partial charge in [-0.3, -0.25) is 0 Å². The van der Waals surface area contributed by atoms with Gasteiger partial charge in [0.2, 0.25) is 0 Å². The highest BCUT2D eigenvalue weighted by Gasteiger charge is 2.13. The van der Waals surface area contributed by atoms with Crippen LogP contribution in [0, 0.1) is 0 Å². The number of H-pyrrole nitrogens is 1. The van der Waals surface area contributed by atoms with Gasteiger partial charge in [-0.25, -0.2) is 0 Å². The molecule has 0 saturated heterocycles. The number of hydrogen-bond donors (Lipinski definition) is 2. The summed E-state index contributed by atoms with van der Waals surface area (Å²) in [4.78, 5) is 3.57. The largest absolute Gasteiger partial charge is 0.508 e. The van der Waals surface area contributed by atoms with E-state index < -0.39 is 0 Å². The van der Waals surface area contributed by atoms with Crippen LogP contribution in [0.1, 0.15) is 0 Å². The maximum absolute atomic E-state index is 9.92. The highest BCUT2D eigenvalue weighted by atomic mass is 16.3. The van der Waals surface area contributed by atoms with Gasteiger partial charge in [0.05, 0.1) is 5.52 Å². The van der Waals surface area contributed by atoms with Crippen LogP contribution in [0.4, 0.5) is 0 Å². The fourth-order valence-corrected chi connectivity index (χ4v) is 3.53. The molecule has 104 valence electrons. The number of para-hydroxylation sites is 1. The van der Waals surface area contributed by atoms with Crippen LogP contribution in [0.5, 0.6) is 5.75 Å². The second-order valence-corrected chi connectivity index (χ2v) is 5.70. The Hall–Kier alpha value is -3.00. The van der Waals surface area contributed by atoms with E-state index in [0.717, 1.165) is 21.8 Å². The quantitative estimate of drug-likeness (QED) is 0.370. The molecule has 1 heterocycles. The summed E-state index contributed by atoms with van der Waals surface area (Å²) >= 11 is 0. The van der Waals surface area contributed by atoms with Crippen LogP contribution in [-0.2, 0) is 0 Å². The van der Waals surface area contributed by atoms with Crippen molar-refractivity contribution in [2.24, 2.45) is 0 Å². The first-order valence-corrected chi connectivity index (χ1v) is 7.37. The van der Waals surface area contributed by atoms with E-state index in [1.165, 1.54) is 21.5 Å². The second-order valence-electron chi connectivity index (χ2n) is 5.70. The molecule has 0 bridgehead atoms. The molecule has 0 amide bonds.